The number of amides is 2. The Balaban J connectivity index is 2.55. The van der Waals surface area contributed by atoms with Gasteiger partial charge >= 0.3 is 0 Å². The van der Waals surface area contributed by atoms with E-state index in [2.05, 4.69) is 5.32 Å². The number of rotatable bonds is 6. The van der Waals surface area contributed by atoms with Crippen LogP contribution in [-0.2, 0) is 19.4 Å². The Kier molecular flexibility index (Phi) is 4.99. The Hall–Kier alpha value is -1.96. The predicted molar refractivity (Wildman–Crippen MR) is 67.5 cm³/mol. The van der Waals surface area contributed by atoms with Gasteiger partial charge in [0.1, 0.15) is 11.6 Å². The van der Waals surface area contributed by atoms with Gasteiger partial charge in [-0.15, -0.1) is 0 Å². The van der Waals surface area contributed by atoms with Gasteiger partial charge in [-0.2, -0.15) is 0 Å². The number of benzene rings is 1. The van der Waals surface area contributed by atoms with Crippen LogP contribution in [0.1, 0.15) is 6.42 Å². The molecular weight excluding hydrogens is 275 g/mol. The van der Waals surface area contributed by atoms with Crippen LogP contribution < -0.4 is 11.1 Å². The first-order chi connectivity index (χ1) is 8.78. The van der Waals surface area contributed by atoms with Crippen molar-refractivity contribution in [2.75, 3.05) is 16.8 Å². The molecule has 1 aromatic rings. The predicted octanol–water partition coefficient (Wildman–Crippen LogP) is 0.0544. The number of nitrogens with one attached hydrogen (secondary N) is 1. The second-order valence-electron chi connectivity index (χ2n) is 3.86. The normalized spacial score (nSPS) is 11.0. The Morgan fingerprint density at radius 1 is 1.21 bits per heavy atom. The fourth-order valence-electron chi connectivity index (χ4n) is 1.26. The molecule has 0 radical (unpaired) electrons. The van der Waals surface area contributed by atoms with Crippen LogP contribution in [0.15, 0.2) is 24.3 Å². The van der Waals surface area contributed by atoms with E-state index in [-0.39, 0.29) is 12.1 Å². The summed E-state index contributed by atoms with van der Waals surface area (Å²) in [4.78, 5) is 21.9. The summed E-state index contributed by atoms with van der Waals surface area (Å²) in [6.45, 7) is 0. The lowest BCUT2D eigenvalue weighted by Gasteiger charge is -2.05. The van der Waals surface area contributed by atoms with E-state index in [1.54, 1.807) is 0 Å². The molecule has 0 aromatic heterocycles. The third-order valence-electron chi connectivity index (χ3n) is 2.14. The van der Waals surface area contributed by atoms with E-state index in [1.165, 1.54) is 12.1 Å². The molecule has 0 unspecified atom stereocenters. The van der Waals surface area contributed by atoms with E-state index in [0.717, 1.165) is 12.1 Å². The van der Waals surface area contributed by atoms with Gasteiger partial charge in [0, 0.05) is 12.1 Å². The van der Waals surface area contributed by atoms with E-state index in [4.69, 9.17) is 5.73 Å². The number of carbonyl (C=O) groups excluding carboxylic acids is 2. The molecule has 1 rings (SSSR count). The van der Waals surface area contributed by atoms with Crippen LogP contribution >= 0.6 is 0 Å². The van der Waals surface area contributed by atoms with Crippen LogP contribution in [0, 0.1) is 5.82 Å². The summed E-state index contributed by atoms with van der Waals surface area (Å²) in [5.74, 6) is -3.19. The summed E-state index contributed by atoms with van der Waals surface area (Å²) < 4.78 is 35.5. The smallest absolute Gasteiger partial charge is 0.239 e. The second kappa shape index (κ2) is 6.28. The molecule has 0 heterocycles. The maximum Gasteiger partial charge on any atom is 0.239 e. The number of nitrogens with two attached hydrogens (primary N) is 1. The summed E-state index contributed by atoms with van der Waals surface area (Å²) in [5, 5.41) is 2.31. The van der Waals surface area contributed by atoms with Crippen molar-refractivity contribution in [3.05, 3.63) is 30.1 Å². The number of carbonyl (C=O) groups is 2. The highest BCUT2D eigenvalue weighted by atomic mass is 32.2. The third kappa shape index (κ3) is 5.96. The standard InChI is InChI=1S/C11H13FN2O4S/c12-8-1-3-9(4-2-8)14-11(16)7-19(17,18)6-5-10(13)15/h1-4H,5-7H2,(H2,13,15)(H,14,16). The number of hydrogen-bond donors (Lipinski definition) is 2. The van der Waals surface area contributed by atoms with Crippen LogP contribution in [-0.4, -0.2) is 31.7 Å². The number of primary amides is 1. The van der Waals surface area contributed by atoms with Crippen molar-refractivity contribution < 1.29 is 22.4 Å². The SMILES string of the molecule is NC(=O)CCS(=O)(=O)CC(=O)Nc1ccc(F)cc1. The van der Waals surface area contributed by atoms with Crippen molar-refractivity contribution in [1.29, 1.82) is 0 Å². The van der Waals surface area contributed by atoms with Gasteiger partial charge < -0.3 is 11.1 Å². The number of hydrogen-bond acceptors (Lipinski definition) is 4. The molecule has 0 saturated carbocycles. The third-order valence-corrected chi connectivity index (χ3v) is 3.67. The van der Waals surface area contributed by atoms with Crippen LogP contribution in [0.25, 0.3) is 0 Å². The van der Waals surface area contributed by atoms with Crippen molar-refractivity contribution in [3.63, 3.8) is 0 Å². The van der Waals surface area contributed by atoms with Crippen LogP contribution in [0.5, 0.6) is 0 Å². The Morgan fingerprint density at radius 3 is 2.32 bits per heavy atom. The van der Waals surface area contributed by atoms with E-state index in [0.29, 0.717) is 0 Å². The van der Waals surface area contributed by atoms with Gasteiger partial charge in [0.15, 0.2) is 9.84 Å². The molecule has 0 atom stereocenters. The van der Waals surface area contributed by atoms with Gasteiger partial charge in [-0.3, -0.25) is 9.59 Å². The lowest BCUT2D eigenvalue weighted by atomic mass is 10.3. The molecule has 104 valence electrons. The topological polar surface area (TPSA) is 106 Å². The van der Waals surface area contributed by atoms with Gasteiger partial charge in [0.2, 0.25) is 11.8 Å². The zero-order valence-electron chi connectivity index (χ0n) is 9.93. The first-order valence-corrected chi connectivity index (χ1v) is 7.15. The maximum absolute atomic E-state index is 12.6. The average molecular weight is 288 g/mol. The fraction of sp³-hybridized carbons (Fsp3) is 0.273. The molecule has 0 aliphatic heterocycles. The molecule has 0 spiro atoms. The number of anilines is 1. The quantitative estimate of drug-likeness (QED) is 0.771. The van der Waals surface area contributed by atoms with Crippen molar-refractivity contribution >= 4 is 27.3 Å². The molecule has 8 heteroatoms. The molecule has 0 aliphatic rings. The van der Waals surface area contributed by atoms with Crippen LogP contribution in [0.2, 0.25) is 0 Å². The Morgan fingerprint density at radius 2 is 1.79 bits per heavy atom. The molecule has 3 N–H and O–H groups in total. The highest BCUT2D eigenvalue weighted by molar-refractivity contribution is 7.92. The van der Waals surface area contributed by atoms with E-state index in [1.807, 2.05) is 0 Å². The second-order valence-corrected chi connectivity index (χ2v) is 6.05. The lowest BCUT2D eigenvalue weighted by Crippen LogP contribution is -2.26. The Labute approximate surface area is 109 Å². The summed E-state index contributed by atoms with van der Waals surface area (Å²) >= 11 is 0. The van der Waals surface area contributed by atoms with E-state index < -0.39 is 39.0 Å². The summed E-state index contributed by atoms with van der Waals surface area (Å²) in [7, 11) is -3.69. The fourth-order valence-corrected chi connectivity index (χ4v) is 2.39. The number of halogens is 1. The van der Waals surface area contributed by atoms with Crippen LogP contribution in [0.4, 0.5) is 10.1 Å². The van der Waals surface area contributed by atoms with E-state index in [9.17, 15) is 22.4 Å². The van der Waals surface area contributed by atoms with Gasteiger partial charge in [-0.1, -0.05) is 0 Å². The molecule has 0 aliphatic carbocycles. The molecule has 0 fully saturated rings. The van der Waals surface area contributed by atoms with Crippen molar-refractivity contribution in [1.82, 2.24) is 0 Å². The lowest BCUT2D eigenvalue weighted by molar-refractivity contribution is -0.117. The zero-order valence-corrected chi connectivity index (χ0v) is 10.7. The molecule has 1 aromatic carbocycles. The largest absolute Gasteiger partial charge is 0.370 e. The van der Waals surface area contributed by atoms with Gasteiger partial charge in [-0.25, -0.2) is 12.8 Å². The van der Waals surface area contributed by atoms with Crippen LogP contribution in [0.3, 0.4) is 0 Å². The molecule has 19 heavy (non-hydrogen) atoms. The Bertz CT molecular complexity index is 569. The molecule has 6 nitrogen and oxygen atoms in total. The first-order valence-electron chi connectivity index (χ1n) is 5.33. The molecule has 2 amide bonds. The maximum atomic E-state index is 12.6. The number of sulfone groups is 1. The van der Waals surface area contributed by atoms with Gasteiger partial charge in [0.25, 0.3) is 0 Å². The first kappa shape index (κ1) is 15.1. The minimum atomic E-state index is -3.69. The van der Waals surface area contributed by atoms with Crippen molar-refractivity contribution in [2.45, 2.75) is 6.42 Å². The minimum Gasteiger partial charge on any atom is -0.370 e. The van der Waals surface area contributed by atoms with E-state index >= 15 is 0 Å². The average Bonchev–Trinajstić information content (AvgIpc) is 2.29. The van der Waals surface area contributed by atoms with Gasteiger partial charge in [-0.05, 0) is 24.3 Å². The monoisotopic (exact) mass is 288 g/mol. The minimum absolute atomic E-state index is 0.288. The summed E-state index contributed by atoms with van der Waals surface area (Å²) in [6.07, 6.45) is -0.327. The highest BCUT2D eigenvalue weighted by Crippen LogP contribution is 2.08. The molecule has 0 saturated heterocycles. The zero-order chi connectivity index (χ0) is 14.5. The van der Waals surface area contributed by atoms with Crippen molar-refractivity contribution in [2.24, 2.45) is 5.73 Å². The van der Waals surface area contributed by atoms with Crippen molar-refractivity contribution in [3.8, 4) is 0 Å². The molecular formula is C11H13FN2O4S. The summed E-state index contributed by atoms with van der Waals surface area (Å²) in [6, 6.07) is 4.89. The summed E-state index contributed by atoms with van der Waals surface area (Å²) in [5.41, 5.74) is 5.12. The van der Waals surface area contributed by atoms with Gasteiger partial charge in [0.05, 0.1) is 5.75 Å². The molecule has 0 bridgehead atoms. The highest BCUT2D eigenvalue weighted by Gasteiger charge is 2.17.